The average Bonchev–Trinajstić information content (AvgIpc) is 2.35. The largest absolute Gasteiger partial charge is 0.272 e. The third kappa shape index (κ3) is 5.83. The van der Waals surface area contributed by atoms with Gasteiger partial charge in [-0.1, -0.05) is 63.7 Å². The Kier molecular flexibility index (Phi) is 6.86. The molecule has 0 aliphatic heterocycles. The van der Waals surface area contributed by atoms with E-state index in [0.29, 0.717) is 11.8 Å². The second kappa shape index (κ2) is 8.15. The third-order valence-electron chi connectivity index (χ3n) is 3.10. The number of thiocarbonyl (C=S) groups is 1. The number of aryl methyl sites for hydroxylation is 2. The van der Waals surface area contributed by atoms with Crippen LogP contribution in [0.15, 0.2) is 23.3 Å². The van der Waals surface area contributed by atoms with Crippen LogP contribution in [0.25, 0.3) is 0 Å². The first-order valence-electron chi connectivity index (χ1n) is 7.31. The summed E-state index contributed by atoms with van der Waals surface area (Å²) < 4.78 is 0. The zero-order valence-corrected chi connectivity index (χ0v) is 14.1. The Morgan fingerprint density at radius 1 is 1.30 bits per heavy atom. The SMILES string of the molecule is Cc1ccc(C(C)C)c(CCC(=S)N/N=C/C(C)C)c1. The summed E-state index contributed by atoms with van der Waals surface area (Å²) in [4.78, 5) is 0.804. The molecule has 1 N–H and O–H groups in total. The maximum atomic E-state index is 5.32. The second-order valence-electron chi connectivity index (χ2n) is 5.91. The second-order valence-corrected chi connectivity index (χ2v) is 6.41. The molecule has 0 aromatic heterocycles. The normalized spacial score (nSPS) is 11.6. The zero-order chi connectivity index (χ0) is 15.1. The van der Waals surface area contributed by atoms with Gasteiger partial charge in [0.15, 0.2) is 0 Å². The van der Waals surface area contributed by atoms with Crippen molar-refractivity contribution in [3.63, 3.8) is 0 Å². The van der Waals surface area contributed by atoms with Gasteiger partial charge >= 0.3 is 0 Å². The van der Waals surface area contributed by atoms with Gasteiger partial charge in [0.25, 0.3) is 0 Å². The molecular formula is C17H26N2S. The molecule has 0 aliphatic carbocycles. The van der Waals surface area contributed by atoms with Crippen LogP contribution in [0, 0.1) is 12.8 Å². The Morgan fingerprint density at radius 3 is 2.60 bits per heavy atom. The van der Waals surface area contributed by atoms with Crippen LogP contribution in [0.2, 0.25) is 0 Å². The van der Waals surface area contributed by atoms with Crippen LogP contribution >= 0.6 is 12.2 Å². The molecule has 3 heteroatoms. The van der Waals surface area contributed by atoms with Gasteiger partial charge in [0.1, 0.15) is 0 Å². The molecule has 20 heavy (non-hydrogen) atoms. The Morgan fingerprint density at radius 2 is 2.00 bits per heavy atom. The highest BCUT2D eigenvalue weighted by atomic mass is 32.1. The average molecular weight is 290 g/mol. The first-order chi connectivity index (χ1) is 9.40. The highest BCUT2D eigenvalue weighted by Crippen LogP contribution is 2.22. The van der Waals surface area contributed by atoms with Crippen LogP contribution in [-0.4, -0.2) is 11.2 Å². The van der Waals surface area contributed by atoms with Gasteiger partial charge in [0, 0.05) is 12.6 Å². The third-order valence-corrected chi connectivity index (χ3v) is 3.40. The molecule has 0 saturated heterocycles. The molecule has 0 atom stereocenters. The molecular weight excluding hydrogens is 264 g/mol. The summed E-state index contributed by atoms with van der Waals surface area (Å²) in [5.41, 5.74) is 7.08. The number of hydrogen-bond donors (Lipinski definition) is 1. The van der Waals surface area contributed by atoms with Crippen molar-refractivity contribution in [1.82, 2.24) is 5.43 Å². The summed E-state index contributed by atoms with van der Waals surface area (Å²) in [7, 11) is 0. The Labute approximate surface area is 128 Å². The van der Waals surface area contributed by atoms with E-state index in [1.807, 2.05) is 6.21 Å². The minimum Gasteiger partial charge on any atom is -0.272 e. The van der Waals surface area contributed by atoms with Crippen molar-refractivity contribution < 1.29 is 0 Å². The van der Waals surface area contributed by atoms with Crippen LogP contribution in [0.1, 0.15) is 56.7 Å². The first-order valence-corrected chi connectivity index (χ1v) is 7.72. The molecule has 0 bridgehead atoms. The predicted molar refractivity (Wildman–Crippen MR) is 92.7 cm³/mol. The molecule has 0 unspecified atom stereocenters. The standard InChI is InChI=1S/C17H26N2S/c1-12(2)11-18-19-17(20)9-7-15-10-14(5)6-8-16(15)13(3)4/h6,8,10-13H,7,9H2,1-5H3,(H,19,20)/b18-11+. The van der Waals surface area contributed by atoms with Crippen molar-refractivity contribution in [2.75, 3.05) is 0 Å². The van der Waals surface area contributed by atoms with E-state index in [1.165, 1.54) is 16.7 Å². The summed E-state index contributed by atoms with van der Waals surface area (Å²) in [5, 5.41) is 4.14. The zero-order valence-electron chi connectivity index (χ0n) is 13.2. The number of nitrogens with zero attached hydrogens (tertiary/aromatic N) is 1. The van der Waals surface area contributed by atoms with Gasteiger partial charge in [-0.3, -0.25) is 5.43 Å². The quantitative estimate of drug-likeness (QED) is 0.470. The minimum atomic E-state index is 0.439. The van der Waals surface area contributed by atoms with Crippen LogP contribution in [0.4, 0.5) is 0 Å². The molecule has 110 valence electrons. The Bertz CT molecular complexity index is 476. The molecule has 1 aromatic carbocycles. The van der Waals surface area contributed by atoms with E-state index < -0.39 is 0 Å². The summed E-state index contributed by atoms with van der Waals surface area (Å²) in [6.07, 6.45) is 3.69. The molecule has 0 radical (unpaired) electrons. The van der Waals surface area contributed by atoms with Crippen molar-refractivity contribution >= 4 is 23.4 Å². The molecule has 0 spiro atoms. The first kappa shape index (κ1) is 16.8. The fraction of sp³-hybridized carbons (Fsp3) is 0.529. The highest BCUT2D eigenvalue weighted by molar-refractivity contribution is 7.80. The lowest BCUT2D eigenvalue weighted by Crippen LogP contribution is -2.16. The van der Waals surface area contributed by atoms with Crippen LogP contribution in [0.3, 0.4) is 0 Å². The fourth-order valence-electron chi connectivity index (χ4n) is 2.08. The molecule has 2 nitrogen and oxygen atoms in total. The highest BCUT2D eigenvalue weighted by Gasteiger charge is 2.07. The van der Waals surface area contributed by atoms with Crippen LogP contribution < -0.4 is 5.43 Å². The topological polar surface area (TPSA) is 24.4 Å². The van der Waals surface area contributed by atoms with E-state index in [-0.39, 0.29) is 0 Å². The van der Waals surface area contributed by atoms with Crippen molar-refractivity contribution in [2.24, 2.45) is 11.0 Å². The number of rotatable bonds is 6. The van der Waals surface area contributed by atoms with Crippen molar-refractivity contribution in [3.05, 3.63) is 34.9 Å². The van der Waals surface area contributed by atoms with Gasteiger partial charge in [0.05, 0.1) is 4.99 Å². The molecule has 0 aliphatic rings. The van der Waals surface area contributed by atoms with E-state index in [4.69, 9.17) is 12.2 Å². The van der Waals surface area contributed by atoms with E-state index in [2.05, 4.69) is 63.3 Å². The van der Waals surface area contributed by atoms with Crippen molar-refractivity contribution in [1.29, 1.82) is 0 Å². The van der Waals surface area contributed by atoms with E-state index in [9.17, 15) is 0 Å². The molecule has 0 saturated carbocycles. The smallest absolute Gasteiger partial charge is 0.0964 e. The fourth-order valence-corrected chi connectivity index (χ4v) is 2.23. The van der Waals surface area contributed by atoms with Crippen LogP contribution in [-0.2, 0) is 6.42 Å². The molecule has 1 aromatic rings. The number of nitrogens with one attached hydrogen (secondary N) is 1. The minimum absolute atomic E-state index is 0.439. The van der Waals surface area contributed by atoms with E-state index in [0.717, 1.165) is 17.8 Å². The van der Waals surface area contributed by atoms with Gasteiger partial charge in [0.2, 0.25) is 0 Å². The van der Waals surface area contributed by atoms with E-state index in [1.54, 1.807) is 0 Å². The van der Waals surface area contributed by atoms with Gasteiger partial charge in [-0.05, 0) is 36.3 Å². The van der Waals surface area contributed by atoms with Gasteiger partial charge in [-0.2, -0.15) is 5.10 Å². The summed E-state index contributed by atoms with van der Waals surface area (Å²) in [6.45, 7) is 10.8. The summed E-state index contributed by atoms with van der Waals surface area (Å²) in [6, 6.07) is 6.69. The van der Waals surface area contributed by atoms with E-state index >= 15 is 0 Å². The van der Waals surface area contributed by atoms with Crippen molar-refractivity contribution in [3.8, 4) is 0 Å². The van der Waals surface area contributed by atoms with Crippen LogP contribution in [0.5, 0.6) is 0 Å². The Balaban J connectivity index is 2.61. The maximum Gasteiger partial charge on any atom is 0.0964 e. The number of hydrogen-bond acceptors (Lipinski definition) is 2. The summed E-state index contributed by atoms with van der Waals surface area (Å²) >= 11 is 5.32. The molecule has 0 fully saturated rings. The van der Waals surface area contributed by atoms with Gasteiger partial charge in [-0.25, -0.2) is 0 Å². The lowest BCUT2D eigenvalue weighted by atomic mass is 9.93. The van der Waals surface area contributed by atoms with Gasteiger partial charge in [-0.15, -0.1) is 0 Å². The lowest BCUT2D eigenvalue weighted by Gasteiger charge is -2.14. The molecule has 0 heterocycles. The Hall–Kier alpha value is -1.22. The predicted octanol–water partition coefficient (Wildman–Crippen LogP) is 4.61. The maximum absolute atomic E-state index is 5.32. The molecule has 1 rings (SSSR count). The van der Waals surface area contributed by atoms with Crippen molar-refractivity contribution in [2.45, 2.75) is 53.4 Å². The number of hydrazone groups is 1. The lowest BCUT2D eigenvalue weighted by molar-refractivity contribution is 0.831. The molecule has 0 amide bonds. The summed E-state index contributed by atoms with van der Waals surface area (Å²) in [5.74, 6) is 0.987. The van der Waals surface area contributed by atoms with Gasteiger partial charge < -0.3 is 0 Å². The number of benzene rings is 1. The monoisotopic (exact) mass is 290 g/mol.